The number of piperidine rings is 1. The Morgan fingerprint density at radius 3 is 2.29 bits per heavy atom. The summed E-state index contributed by atoms with van der Waals surface area (Å²) < 4.78 is 43.3. The Morgan fingerprint density at radius 2 is 1.74 bits per heavy atom. The van der Waals surface area contributed by atoms with Crippen molar-refractivity contribution < 1.29 is 32.1 Å². The maximum Gasteiger partial charge on any atom is 0.498 e. The van der Waals surface area contributed by atoms with Crippen molar-refractivity contribution in [2.75, 3.05) is 12.3 Å². The van der Waals surface area contributed by atoms with Gasteiger partial charge in [0, 0.05) is 30.4 Å². The number of hydrogen-bond donors (Lipinski definition) is 1. The maximum atomic E-state index is 13.1. The first-order valence-corrected chi connectivity index (χ1v) is 14.8. The topological polar surface area (TPSA) is 137 Å². The molecule has 2 amide bonds. The van der Waals surface area contributed by atoms with Gasteiger partial charge in [-0.1, -0.05) is 0 Å². The second-order valence-electron chi connectivity index (χ2n) is 12.0. The summed E-state index contributed by atoms with van der Waals surface area (Å²) in [5, 5.41) is 2.31. The van der Waals surface area contributed by atoms with Crippen molar-refractivity contribution in [1.29, 1.82) is 0 Å². The molecule has 1 aromatic heterocycles. The molecule has 0 unspecified atom stereocenters. The van der Waals surface area contributed by atoms with Crippen molar-refractivity contribution in [2.24, 2.45) is 0 Å². The molecule has 2 saturated heterocycles. The molecule has 38 heavy (non-hydrogen) atoms. The molecule has 3 rings (SSSR count). The van der Waals surface area contributed by atoms with Gasteiger partial charge in [0.25, 0.3) is 0 Å². The van der Waals surface area contributed by atoms with Gasteiger partial charge < -0.3 is 24.3 Å². The van der Waals surface area contributed by atoms with E-state index in [2.05, 4.69) is 15.3 Å². The number of carbonyl (C=O) groups excluding carboxylic acids is 2. The quantitative estimate of drug-likeness (QED) is 0.399. The summed E-state index contributed by atoms with van der Waals surface area (Å²) in [5.74, 6) is -0.466. The van der Waals surface area contributed by atoms with Gasteiger partial charge in [0.2, 0.25) is 20.9 Å². The third-order valence-electron chi connectivity index (χ3n) is 7.19. The Morgan fingerprint density at radius 1 is 1.16 bits per heavy atom. The van der Waals surface area contributed by atoms with Crippen LogP contribution in [0.2, 0.25) is 0 Å². The first-order chi connectivity index (χ1) is 17.4. The van der Waals surface area contributed by atoms with Gasteiger partial charge in [-0.25, -0.2) is 23.2 Å². The summed E-state index contributed by atoms with van der Waals surface area (Å²) >= 11 is 0. The molecule has 0 spiro atoms. The summed E-state index contributed by atoms with van der Waals surface area (Å²) in [4.78, 5) is 35.1. The maximum absolute atomic E-state index is 13.1. The molecule has 2 fully saturated rings. The average molecular weight is 553 g/mol. The molecule has 2 aliphatic heterocycles. The molecular weight excluding hydrogens is 511 g/mol. The largest absolute Gasteiger partial charge is 0.498 e. The minimum Gasteiger partial charge on any atom is -0.444 e. The SMILES string of the molecule is C[C@H](NC(=O)OC(C)(C)C)C(=O)N1CCCC[C@H]1CCS(=O)(=O)c1ncc(B2OC(C)(C)C(C)(C)O2)cn1. The molecule has 0 aromatic carbocycles. The Kier molecular flexibility index (Phi) is 8.84. The van der Waals surface area contributed by atoms with Crippen molar-refractivity contribution in [3.05, 3.63) is 12.4 Å². The number of alkyl carbamates (subject to hydrolysis) is 1. The summed E-state index contributed by atoms with van der Waals surface area (Å²) in [6.45, 7) is 15.1. The van der Waals surface area contributed by atoms with Crippen LogP contribution in [-0.2, 0) is 28.7 Å². The van der Waals surface area contributed by atoms with E-state index in [0.29, 0.717) is 18.4 Å². The molecule has 0 bridgehead atoms. The molecule has 1 aromatic rings. The number of rotatable bonds is 7. The molecule has 2 atom stereocenters. The number of ether oxygens (including phenoxy) is 1. The summed E-state index contributed by atoms with van der Waals surface area (Å²) in [5.41, 5.74) is -1.21. The number of hydrogen-bond acceptors (Lipinski definition) is 9. The number of aromatic nitrogens is 2. The minimum atomic E-state index is -3.79. The van der Waals surface area contributed by atoms with E-state index in [0.717, 1.165) is 12.8 Å². The monoisotopic (exact) mass is 552 g/mol. The number of nitrogens with zero attached hydrogens (tertiary/aromatic N) is 3. The Labute approximate surface area is 226 Å². The fourth-order valence-corrected chi connectivity index (χ4v) is 5.55. The van der Waals surface area contributed by atoms with Crippen molar-refractivity contribution >= 4 is 34.4 Å². The van der Waals surface area contributed by atoms with Crippen LogP contribution in [-0.4, -0.2) is 83.6 Å². The number of amides is 2. The molecular formula is C25H41BN4O7S. The predicted molar refractivity (Wildman–Crippen MR) is 143 cm³/mol. The molecule has 0 saturated carbocycles. The summed E-state index contributed by atoms with van der Waals surface area (Å²) in [7, 11) is -4.47. The van der Waals surface area contributed by atoms with E-state index < -0.39 is 45.9 Å². The van der Waals surface area contributed by atoms with Crippen LogP contribution in [0.4, 0.5) is 4.79 Å². The standard InChI is InChI=1S/C25H41BN4O7S/c1-17(29-22(32)35-23(2,3)4)20(31)30-13-10-9-11-19(30)12-14-38(33,34)21-27-15-18(16-28-21)26-36-24(5,6)25(7,8)37-26/h15-17,19H,9-14H2,1-8H3,(H,29,32)/t17-,19-/m0/s1. The number of sulfone groups is 1. The highest BCUT2D eigenvalue weighted by Gasteiger charge is 2.52. The lowest BCUT2D eigenvalue weighted by atomic mass is 9.81. The Hall–Kier alpha value is -2.25. The summed E-state index contributed by atoms with van der Waals surface area (Å²) in [6.07, 6.45) is 4.80. The highest BCUT2D eigenvalue weighted by molar-refractivity contribution is 7.91. The number of carbonyl (C=O) groups is 2. The number of nitrogens with one attached hydrogen (secondary N) is 1. The van der Waals surface area contributed by atoms with Crippen LogP contribution < -0.4 is 10.8 Å². The Balaban J connectivity index is 1.62. The molecule has 0 radical (unpaired) electrons. The van der Waals surface area contributed by atoms with Crippen molar-refractivity contribution in [3.8, 4) is 0 Å². The van der Waals surface area contributed by atoms with E-state index in [-0.39, 0.29) is 29.3 Å². The predicted octanol–water partition coefficient (Wildman–Crippen LogP) is 2.23. The molecule has 212 valence electrons. The van der Waals surface area contributed by atoms with Gasteiger partial charge in [-0.3, -0.25) is 4.79 Å². The fourth-order valence-electron chi connectivity index (χ4n) is 4.36. The van der Waals surface area contributed by atoms with Gasteiger partial charge >= 0.3 is 13.2 Å². The van der Waals surface area contributed by atoms with Crippen LogP contribution in [0.25, 0.3) is 0 Å². The third kappa shape index (κ3) is 7.23. The van der Waals surface area contributed by atoms with E-state index >= 15 is 0 Å². The molecule has 11 nitrogen and oxygen atoms in total. The molecule has 0 aliphatic carbocycles. The normalized spacial score (nSPS) is 22.2. The number of likely N-dealkylation sites (tertiary alicyclic amines) is 1. The first-order valence-electron chi connectivity index (χ1n) is 13.1. The van der Waals surface area contributed by atoms with Gasteiger partial charge in [0.05, 0.1) is 17.0 Å². The highest BCUT2D eigenvalue weighted by Crippen LogP contribution is 2.36. The zero-order valence-electron chi connectivity index (χ0n) is 23.7. The lowest BCUT2D eigenvalue weighted by Crippen LogP contribution is -2.53. The van der Waals surface area contributed by atoms with Gasteiger partial charge in [-0.15, -0.1) is 0 Å². The van der Waals surface area contributed by atoms with Crippen molar-refractivity contribution in [1.82, 2.24) is 20.2 Å². The van der Waals surface area contributed by atoms with Crippen LogP contribution in [0, 0.1) is 0 Å². The second kappa shape index (κ2) is 11.1. The molecule has 3 heterocycles. The van der Waals surface area contributed by atoms with Crippen molar-refractivity contribution in [2.45, 2.75) is 115 Å². The minimum absolute atomic E-state index is 0.203. The smallest absolute Gasteiger partial charge is 0.444 e. The zero-order valence-corrected chi connectivity index (χ0v) is 24.6. The van der Waals surface area contributed by atoms with Crippen molar-refractivity contribution in [3.63, 3.8) is 0 Å². The molecule has 1 N–H and O–H groups in total. The zero-order chi connectivity index (χ0) is 28.5. The Bertz CT molecular complexity index is 1100. The van der Waals surface area contributed by atoms with E-state index in [1.165, 1.54) is 12.4 Å². The van der Waals surface area contributed by atoms with Gasteiger partial charge in [-0.05, 0) is 81.1 Å². The van der Waals surface area contributed by atoms with Gasteiger partial charge in [-0.2, -0.15) is 0 Å². The van der Waals surface area contributed by atoms with Crippen LogP contribution >= 0.6 is 0 Å². The lowest BCUT2D eigenvalue weighted by Gasteiger charge is -2.37. The van der Waals surface area contributed by atoms with E-state index in [1.807, 2.05) is 27.7 Å². The van der Waals surface area contributed by atoms with Crippen LogP contribution in [0.1, 0.15) is 81.1 Å². The second-order valence-corrected chi connectivity index (χ2v) is 14.0. The van der Waals surface area contributed by atoms with E-state index in [9.17, 15) is 18.0 Å². The highest BCUT2D eigenvalue weighted by atomic mass is 32.2. The van der Waals surface area contributed by atoms with E-state index in [4.69, 9.17) is 14.0 Å². The van der Waals surface area contributed by atoms with E-state index in [1.54, 1.807) is 32.6 Å². The van der Waals surface area contributed by atoms with Crippen LogP contribution in [0.5, 0.6) is 0 Å². The fraction of sp³-hybridized carbons (Fsp3) is 0.760. The van der Waals surface area contributed by atoms with Gasteiger partial charge in [0.15, 0.2) is 0 Å². The summed E-state index contributed by atoms with van der Waals surface area (Å²) in [6, 6.07) is -1.06. The lowest BCUT2D eigenvalue weighted by molar-refractivity contribution is -0.136. The average Bonchev–Trinajstić information content (AvgIpc) is 3.03. The van der Waals surface area contributed by atoms with Crippen LogP contribution in [0.15, 0.2) is 17.6 Å². The first kappa shape index (κ1) is 30.3. The van der Waals surface area contributed by atoms with Gasteiger partial charge in [0.1, 0.15) is 11.6 Å². The molecule has 2 aliphatic rings. The third-order valence-corrected chi connectivity index (χ3v) is 8.73. The molecule has 13 heteroatoms. The van der Waals surface area contributed by atoms with Crippen LogP contribution in [0.3, 0.4) is 0 Å².